The van der Waals surface area contributed by atoms with Crippen molar-refractivity contribution in [3.63, 3.8) is 0 Å². The second-order valence-corrected chi connectivity index (χ2v) is 6.53. The Kier molecular flexibility index (Phi) is 4.64. The van der Waals surface area contributed by atoms with E-state index in [0.717, 1.165) is 5.69 Å². The average molecular weight is 360 g/mol. The molecule has 3 rings (SSSR count). The van der Waals surface area contributed by atoms with Gasteiger partial charge in [0.25, 0.3) is 0 Å². The van der Waals surface area contributed by atoms with E-state index < -0.39 is 16.6 Å². The molecule has 5 nitrogen and oxygen atoms in total. The Labute approximate surface area is 139 Å². The fraction of sp³-hybridized carbons (Fsp3) is 0.400. The summed E-state index contributed by atoms with van der Waals surface area (Å²) in [5.41, 5.74) is -3.45. The van der Waals surface area contributed by atoms with Gasteiger partial charge in [0.2, 0.25) is 0 Å². The first-order valence-electron chi connectivity index (χ1n) is 7.26. The minimum atomic E-state index is -4.92. The molecule has 2 heterocycles. The molecule has 9 heteroatoms. The predicted octanol–water partition coefficient (Wildman–Crippen LogP) is 3.02. The van der Waals surface area contributed by atoms with Crippen molar-refractivity contribution in [2.75, 3.05) is 24.7 Å². The lowest BCUT2D eigenvalue weighted by molar-refractivity contribution is -0.0437. The number of hydrogen-bond donors (Lipinski definition) is 0. The summed E-state index contributed by atoms with van der Waals surface area (Å²) >= 11 is -3.39. The zero-order valence-corrected chi connectivity index (χ0v) is 13.6. The van der Waals surface area contributed by atoms with Crippen LogP contribution in [0.25, 0.3) is 10.9 Å². The summed E-state index contributed by atoms with van der Waals surface area (Å²) in [6.07, 6.45) is 1.72. The molecule has 1 aliphatic heterocycles. The number of alkyl halides is 3. The number of nitrogens with zero attached hydrogens (tertiary/aromatic N) is 2. The molecule has 2 aromatic rings. The SMILES string of the molecule is CC1COCCN1c1cnc2ccc(OS(=O)C(F)(F)F)cc2c1. The molecule has 130 valence electrons. The molecule has 2 unspecified atom stereocenters. The highest BCUT2D eigenvalue weighted by Gasteiger charge is 2.40. The van der Waals surface area contributed by atoms with Gasteiger partial charge in [-0.2, -0.15) is 13.2 Å². The molecule has 0 amide bonds. The highest BCUT2D eigenvalue weighted by Crippen LogP contribution is 2.28. The number of pyridine rings is 1. The van der Waals surface area contributed by atoms with Gasteiger partial charge in [0, 0.05) is 18.0 Å². The average Bonchev–Trinajstić information content (AvgIpc) is 2.54. The van der Waals surface area contributed by atoms with E-state index in [1.807, 2.05) is 13.0 Å². The smallest absolute Gasteiger partial charge is 0.394 e. The molecule has 1 aromatic heterocycles. The van der Waals surface area contributed by atoms with Crippen molar-refractivity contribution in [1.82, 2.24) is 4.98 Å². The van der Waals surface area contributed by atoms with E-state index >= 15 is 0 Å². The summed E-state index contributed by atoms with van der Waals surface area (Å²) in [5, 5.41) is 0.614. The lowest BCUT2D eigenvalue weighted by Gasteiger charge is -2.35. The highest BCUT2D eigenvalue weighted by atomic mass is 32.2. The normalized spacial score (nSPS) is 20.2. The standard InChI is InChI=1S/C15H15F3N2O3S/c1-10-9-22-5-4-20(10)12-6-11-7-13(2-3-14(11)19-8-12)23-24(21)15(16,17)18/h2-3,6-8,10H,4-5,9H2,1H3. The van der Waals surface area contributed by atoms with Crippen LogP contribution in [0.15, 0.2) is 30.5 Å². The summed E-state index contributed by atoms with van der Waals surface area (Å²) in [7, 11) is 0. The van der Waals surface area contributed by atoms with Crippen molar-refractivity contribution in [2.24, 2.45) is 0 Å². The Morgan fingerprint density at radius 3 is 2.88 bits per heavy atom. The number of ether oxygens (including phenoxy) is 1. The van der Waals surface area contributed by atoms with E-state index in [0.29, 0.717) is 30.7 Å². The third kappa shape index (κ3) is 3.62. The van der Waals surface area contributed by atoms with Gasteiger partial charge < -0.3 is 13.8 Å². The molecule has 1 saturated heterocycles. The van der Waals surface area contributed by atoms with E-state index in [4.69, 9.17) is 4.74 Å². The van der Waals surface area contributed by atoms with Crippen molar-refractivity contribution in [3.05, 3.63) is 30.5 Å². The van der Waals surface area contributed by atoms with Crippen LogP contribution in [0, 0.1) is 0 Å². The van der Waals surface area contributed by atoms with Crippen LogP contribution < -0.4 is 9.08 Å². The first-order chi connectivity index (χ1) is 11.3. The van der Waals surface area contributed by atoms with Crippen molar-refractivity contribution in [3.8, 4) is 5.75 Å². The second-order valence-electron chi connectivity index (χ2n) is 5.43. The van der Waals surface area contributed by atoms with Crippen LogP contribution >= 0.6 is 0 Å². The van der Waals surface area contributed by atoms with Crippen LogP contribution in [0.5, 0.6) is 5.75 Å². The Hall–Kier alpha value is -1.87. The molecule has 24 heavy (non-hydrogen) atoms. The van der Waals surface area contributed by atoms with Crippen molar-refractivity contribution < 1.29 is 26.3 Å². The summed E-state index contributed by atoms with van der Waals surface area (Å²) in [5.74, 6) is -0.118. The number of halogens is 3. The Morgan fingerprint density at radius 2 is 2.17 bits per heavy atom. The fourth-order valence-corrected chi connectivity index (χ4v) is 2.93. The van der Waals surface area contributed by atoms with Gasteiger partial charge in [0.05, 0.1) is 30.6 Å². The molecule has 0 aliphatic carbocycles. The fourth-order valence-electron chi connectivity index (χ4n) is 2.55. The van der Waals surface area contributed by atoms with Gasteiger partial charge in [-0.1, -0.05) is 0 Å². The van der Waals surface area contributed by atoms with Crippen molar-refractivity contribution in [2.45, 2.75) is 18.5 Å². The number of rotatable bonds is 3. The van der Waals surface area contributed by atoms with Gasteiger partial charge in [-0.15, -0.1) is 0 Å². The third-order valence-electron chi connectivity index (χ3n) is 3.70. The van der Waals surface area contributed by atoms with Crippen LogP contribution in [-0.2, 0) is 15.8 Å². The zero-order chi connectivity index (χ0) is 17.3. The number of benzene rings is 1. The maximum atomic E-state index is 12.3. The van der Waals surface area contributed by atoms with Gasteiger partial charge >= 0.3 is 16.6 Å². The molecule has 0 radical (unpaired) electrons. The summed E-state index contributed by atoms with van der Waals surface area (Å²) in [6.45, 7) is 3.94. The van der Waals surface area contributed by atoms with Gasteiger partial charge in [-0.3, -0.25) is 4.98 Å². The van der Waals surface area contributed by atoms with Crippen LogP contribution in [0.1, 0.15) is 6.92 Å². The van der Waals surface area contributed by atoms with Crippen molar-refractivity contribution in [1.29, 1.82) is 0 Å². The molecule has 0 saturated carbocycles. The quantitative estimate of drug-likeness (QED) is 0.842. The van der Waals surface area contributed by atoms with E-state index in [-0.39, 0.29) is 11.8 Å². The molecule has 0 spiro atoms. The Morgan fingerprint density at radius 1 is 1.38 bits per heavy atom. The van der Waals surface area contributed by atoms with Gasteiger partial charge in [-0.05, 0) is 31.2 Å². The van der Waals surface area contributed by atoms with E-state index in [1.54, 1.807) is 6.20 Å². The largest absolute Gasteiger partial charge is 0.508 e. The molecule has 2 atom stereocenters. The first-order valence-corrected chi connectivity index (χ1v) is 8.33. The van der Waals surface area contributed by atoms with Crippen LogP contribution in [0.4, 0.5) is 18.9 Å². The number of hydrogen-bond acceptors (Lipinski definition) is 5. The summed E-state index contributed by atoms with van der Waals surface area (Å²) < 4.78 is 58.0. The lowest BCUT2D eigenvalue weighted by atomic mass is 10.1. The van der Waals surface area contributed by atoms with Gasteiger partial charge in [0.15, 0.2) is 0 Å². The molecular weight excluding hydrogens is 345 g/mol. The molecule has 1 aromatic carbocycles. The van der Waals surface area contributed by atoms with E-state index in [1.165, 1.54) is 18.2 Å². The number of morpholine rings is 1. The van der Waals surface area contributed by atoms with Crippen LogP contribution in [-0.4, -0.2) is 40.5 Å². The number of aromatic nitrogens is 1. The monoisotopic (exact) mass is 360 g/mol. The first kappa shape index (κ1) is 17.0. The molecule has 1 fully saturated rings. The molecular formula is C15H15F3N2O3S. The van der Waals surface area contributed by atoms with Gasteiger partial charge in [0.1, 0.15) is 5.75 Å². The number of anilines is 1. The summed E-state index contributed by atoms with van der Waals surface area (Å²) in [4.78, 5) is 6.45. The molecule has 0 N–H and O–H groups in total. The van der Waals surface area contributed by atoms with Gasteiger partial charge in [-0.25, -0.2) is 4.21 Å². The maximum absolute atomic E-state index is 12.3. The Bertz CT molecular complexity index is 769. The topological polar surface area (TPSA) is 51.7 Å². The minimum absolute atomic E-state index is 0.118. The van der Waals surface area contributed by atoms with Crippen LogP contribution in [0.3, 0.4) is 0 Å². The van der Waals surface area contributed by atoms with Crippen molar-refractivity contribution >= 4 is 27.7 Å². The zero-order valence-electron chi connectivity index (χ0n) is 12.7. The molecule has 1 aliphatic rings. The third-order valence-corrected chi connectivity index (χ3v) is 4.42. The predicted molar refractivity (Wildman–Crippen MR) is 84.2 cm³/mol. The lowest BCUT2D eigenvalue weighted by Crippen LogP contribution is -2.43. The van der Waals surface area contributed by atoms with E-state index in [9.17, 15) is 17.4 Å². The minimum Gasteiger partial charge on any atom is -0.394 e. The maximum Gasteiger partial charge on any atom is 0.508 e. The van der Waals surface area contributed by atoms with Crippen LogP contribution in [0.2, 0.25) is 0 Å². The summed E-state index contributed by atoms with van der Waals surface area (Å²) in [6, 6.07) is 6.25. The highest BCUT2D eigenvalue weighted by molar-refractivity contribution is 7.81. The van der Waals surface area contributed by atoms with E-state index in [2.05, 4.69) is 14.1 Å². The molecule has 0 bridgehead atoms. The second kappa shape index (κ2) is 6.56. The number of fused-ring (bicyclic) bond motifs is 1. The Balaban J connectivity index is 1.89.